The molecule has 0 amide bonds. The number of hydrogen-bond donors (Lipinski definition) is 0. The highest BCUT2D eigenvalue weighted by molar-refractivity contribution is 7.98. The highest BCUT2D eigenvalue weighted by Crippen LogP contribution is 2.21. The SMILES string of the molecule is COc1cnnc(SCc2cccc(Cl)c2)n1. The van der Waals surface area contributed by atoms with E-state index in [4.69, 9.17) is 16.3 Å². The third-order valence-corrected chi connectivity index (χ3v) is 3.13. The molecule has 4 nitrogen and oxygen atoms in total. The molecule has 0 spiro atoms. The molecule has 6 heteroatoms. The molecule has 1 aromatic heterocycles. The quantitative estimate of drug-likeness (QED) is 0.797. The first-order chi connectivity index (χ1) is 8.28. The van der Waals surface area contributed by atoms with Gasteiger partial charge in [-0.05, 0) is 17.7 Å². The number of hydrogen-bond acceptors (Lipinski definition) is 5. The van der Waals surface area contributed by atoms with Crippen LogP contribution in [-0.2, 0) is 5.75 Å². The molecule has 0 aliphatic rings. The number of benzene rings is 1. The van der Waals surface area contributed by atoms with Gasteiger partial charge in [0.1, 0.15) is 6.20 Å². The van der Waals surface area contributed by atoms with Crippen LogP contribution in [0, 0.1) is 0 Å². The summed E-state index contributed by atoms with van der Waals surface area (Å²) in [5.74, 6) is 1.21. The van der Waals surface area contributed by atoms with Crippen molar-refractivity contribution in [1.29, 1.82) is 0 Å². The first kappa shape index (κ1) is 12.1. The minimum Gasteiger partial charge on any atom is -0.480 e. The van der Waals surface area contributed by atoms with Crippen molar-refractivity contribution in [3.8, 4) is 5.88 Å². The maximum absolute atomic E-state index is 5.90. The Kier molecular flexibility index (Phi) is 4.17. The zero-order valence-electron chi connectivity index (χ0n) is 9.13. The van der Waals surface area contributed by atoms with Crippen LogP contribution >= 0.6 is 23.4 Å². The van der Waals surface area contributed by atoms with Gasteiger partial charge in [-0.15, -0.1) is 5.10 Å². The lowest BCUT2D eigenvalue weighted by Crippen LogP contribution is -1.94. The molecule has 1 heterocycles. The average Bonchev–Trinajstić information content (AvgIpc) is 2.37. The third kappa shape index (κ3) is 3.57. The molecule has 0 aliphatic carbocycles. The molecule has 1 aromatic carbocycles. The molecule has 0 fully saturated rings. The number of aromatic nitrogens is 3. The molecule has 0 N–H and O–H groups in total. The highest BCUT2D eigenvalue weighted by Gasteiger charge is 2.02. The lowest BCUT2D eigenvalue weighted by atomic mass is 10.2. The molecule has 2 aromatic rings. The van der Waals surface area contributed by atoms with E-state index in [1.54, 1.807) is 7.11 Å². The molecule has 0 atom stereocenters. The van der Waals surface area contributed by atoms with Crippen molar-refractivity contribution >= 4 is 23.4 Å². The maximum Gasteiger partial charge on any atom is 0.236 e. The molecular weight excluding hydrogens is 258 g/mol. The second-order valence-corrected chi connectivity index (χ2v) is 4.58. The Labute approximate surface area is 108 Å². The van der Waals surface area contributed by atoms with Gasteiger partial charge in [-0.1, -0.05) is 35.5 Å². The molecule has 0 saturated heterocycles. The van der Waals surface area contributed by atoms with E-state index in [0.29, 0.717) is 11.0 Å². The standard InChI is InChI=1S/C11H10ClN3OS/c1-16-10-6-13-15-11(14-10)17-7-8-3-2-4-9(12)5-8/h2-6H,7H2,1H3. The van der Waals surface area contributed by atoms with Gasteiger partial charge in [-0.25, -0.2) is 0 Å². The Bertz CT molecular complexity index is 510. The van der Waals surface area contributed by atoms with Gasteiger partial charge >= 0.3 is 0 Å². The molecule has 0 saturated carbocycles. The van der Waals surface area contributed by atoms with Gasteiger partial charge in [-0.2, -0.15) is 10.1 Å². The van der Waals surface area contributed by atoms with Crippen molar-refractivity contribution in [3.05, 3.63) is 41.0 Å². The summed E-state index contributed by atoms with van der Waals surface area (Å²) in [6.45, 7) is 0. The van der Waals surface area contributed by atoms with Gasteiger partial charge in [0, 0.05) is 10.8 Å². The summed E-state index contributed by atoms with van der Waals surface area (Å²) in [5, 5.41) is 9.03. The van der Waals surface area contributed by atoms with Crippen LogP contribution in [0.25, 0.3) is 0 Å². The second kappa shape index (κ2) is 5.84. The summed E-state index contributed by atoms with van der Waals surface area (Å²) in [6.07, 6.45) is 1.48. The topological polar surface area (TPSA) is 47.9 Å². The average molecular weight is 268 g/mol. The summed E-state index contributed by atoms with van der Waals surface area (Å²) in [5.41, 5.74) is 1.12. The van der Waals surface area contributed by atoms with E-state index < -0.39 is 0 Å². The fraction of sp³-hybridized carbons (Fsp3) is 0.182. The zero-order chi connectivity index (χ0) is 12.1. The molecule has 0 radical (unpaired) electrons. The molecule has 0 aliphatic heterocycles. The molecule has 0 unspecified atom stereocenters. The number of thioether (sulfide) groups is 1. The maximum atomic E-state index is 5.90. The predicted molar refractivity (Wildman–Crippen MR) is 67.4 cm³/mol. The number of halogens is 1. The molecule has 2 rings (SSSR count). The van der Waals surface area contributed by atoms with Crippen molar-refractivity contribution < 1.29 is 4.74 Å². The van der Waals surface area contributed by atoms with E-state index in [2.05, 4.69) is 15.2 Å². The fourth-order valence-electron chi connectivity index (χ4n) is 1.21. The normalized spacial score (nSPS) is 10.2. The van der Waals surface area contributed by atoms with E-state index >= 15 is 0 Å². The lowest BCUT2D eigenvalue weighted by molar-refractivity contribution is 0.388. The van der Waals surface area contributed by atoms with Gasteiger partial charge in [0.25, 0.3) is 0 Å². The first-order valence-electron chi connectivity index (χ1n) is 4.89. The van der Waals surface area contributed by atoms with Gasteiger partial charge in [0.15, 0.2) is 0 Å². The smallest absolute Gasteiger partial charge is 0.236 e. The van der Waals surface area contributed by atoms with Crippen molar-refractivity contribution in [2.45, 2.75) is 10.9 Å². The van der Waals surface area contributed by atoms with Crippen LogP contribution < -0.4 is 4.74 Å². The Hall–Kier alpha value is -1.33. The summed E-state index contributed by atoms with van der Waals surface area (Å²) >= 11 is 7.39. The van der Waals surface area contributed by atoms with Crippen LogP contribution in [0.3, 0.4) is 0 Å². The third-order valence-electron chi connectivity index (χ3n) is 1.98. The van der Waals surface area contributed by atoms with Crippen LogP contribution in [-0.4, -0.2) is 22.3 Å². The lowest BCUT2D eigenvalue weighted by Gasteiger charge is -2.02. The Morgan fingerprint density at radius 1 is 1.41 bits per heavy atom. The largest absolute Gasteiger partial charge is 0.480 e. The minimum absolute atomic E-state index is 0.466. The van der Waals surface area contributed by atoms with Gasteiger partial charge in [0.05, 0.1) is 7.11 Å². The summed E-state index contributed by atoms with van der Waals surface area (Å²) in [7, 11) is 1.55. The number of ether oxygens (including phenoxy) is 1. The van der Waals surface area contributed by atoms with Gasteiger partial charge in [-0.3, -0.25) is 0 Å². The molecule has 88 valence electrons. The fourth-order valence-corrected chi connectivity index (χ4v) is 2.15. The first-order valence-corrected chi connectivity index (χ1v) is 6.25. The molecule has 17 heavy (non-hydrogen) atoms. The van der Waals surface area contributed by atoms with Crippen molar-refractivity contribution in [1.82, 2.24) is 15.2 Å². The molecule has 0 bridgehead atoms. The second-order valence-electron chi connectivity index (χ2n) is 3.20. The number of methoxy groups -OCH3 is 1. The number of rotatable bonds is 4. The van der Waals surface area contributed by atoms with Crippen molar-refractivity contribution in [3.63, 3.8) is 0 Å². The zero-order valence-corrected chi connectivity index (χ0v) is 10.7. The van der Waals surface area contributed by atoms with Crippen LogP contribution in [0.5, 0.6) is 5.88 Å². The Balaban J connectivity index is 2.02. The summed E-state index contributed by atoms with van der Waals surface area (Å²) in [4.78, 5) is 4.16. The minimum atomic E-state index is 0.466. The highest BCUT2D eigenvalue weighted by atomic mass is 35.5. The van der Waals surface area contributed by atoms with E-state index in [-0.39, 0.29) is 0 Å². The van der Waals surface area contributed by atoms with Crippen LogP contribution in [0.4, 0.5) is 0 Å². The van der Waals surface area contributed by atoms with Gasteiger partial charge < -0.3 is 4.74 Å². The molecular formula is C11H10ClN3OS. The summed E-state index contributed by atoms with van der Waals surface area (Å²) < 4.78 is 4.98. The van der Waals surface area contributed by atoms with E-state index in [1.165, 1.54) is 18.0 Å². The Morgan fingerprint density at radius 3 is 3.06 bits per heavy atom. The van der Waals surface area contributed by atoms with Crippen LogP contribution in [0.15, 0.2) is 35.6 Å². The van der Waals surface area contributed by atoms with Gasteiger partial charge in [0.2, 0.25) is 11.0 Å². The van der Waals surface area contributed by atoms with Crippen LogP contribution in [0.1, 0.15) is 5.56 Å². The van der Waals surface area contributed by atoms with E-state index in [1.807, 2.05) is 24.3 Å². The van der Waals surface area contributed by atoms with Crippen molar-refractivity contribution in [2.75, 3.05) is 7.11 Å². The van der Waals surface area contributed by atoms with E-state index in [0.717, 1.165) is 16.3 Å². The monoisotopic (exact) mass is 267 g/mol. The van der Waals surface area contributed by atoms with Crippen molar-refractivity contribution in [2.24, 2.45) is 0 Å². The summed E-state index contributed by atoms with van der Waals surface area (Å²) in [6, 6.07) is 7.69. The number of nitrogens with zero attached hydrogens (tertiary/aromatic N) is 3. The predicted octanol–water partition coefficient (Wildman–Crippen LogP) is 2.83. The van der Waals surface area contributed by atoms with Crippen LogP contribution in [0.2, 0.25) is 5.02 Å². The Morgan fingerprint density at radius 2 is 2.29 bits per heavy atom. The van der Waals surface area contributed by atoms with E-state index in [9.17, 15) is 0 Å².